The Labute approximate surface area is 182 Å². The molecule has 3 rings (SSSR count). The van der Waals surface area contributed by atoms with E-state index >= 15 is 0 Å². The van der Waals surface area contributed by atoms with Crippen LogP contribution in [0, 0.1) is 6.92 Å². The molecule has 3 aromatic rings. The van der Waals surface area contributed by atoms with E-state index in [0.717, 1.165) is 5.56 Å². The lowest BCUT2D eigenvalue weighted by Gasteiger charge is -2.26. The van der Waals surface area contributed by atoms with E-state index in [-0.39, 0.29) is 0 Å². The first-order valence-electron chi connectivity index (χ1n) is 9.91. The third-order valence-corrected chi connectivity index (χ3v) is 5.25. The number of nitrogens with zero attached hydrogens (tertiary/aromatic N) is 2. The van der Waals surface area contributed by atoms with E-state index in [1.54, 1.807) is 19.2 Å². The molecule has 0 saturated heterocycles. The SMILES string of the molecule is COc1nc(C=Cc2cccc(-c3ccccc3)c2C)ccc1N(C)C(CO)C(=O)O. The summed E-state index contributed by atoms with van der Waals surface area (Å²) in [4.78, 5) is 17.3. The number of likely N-dealkylation sites (N-methyl/N-ethyl adjacent to an activating group) is 1. The standard InChI is InChI=1S/C25H26N2O4/c1-17-18(10-7-11-21(17)19-8-5-4-6-9-19)12-13-20-14-15-22(24(26-20)31-3)27(2)23(16-28)25(29)30/h4-15,23,28H,16H2,1-3H3,(H,29,30). The fourth-order valence-corrected chi connectivity index (χ4v) is 3.43. The number of pyridine rings is 1. The third-order valence-electron chi connectivity index (χ3n) is 5.25. The molecule has 1 atom stereocenters. The van der Waals surface area contributed by atoms with E-state index in [0.29, 0.717) is 17.3 Å². The van der Waals surface area contributed by atoms with Crippen LogP contribution >= 0.6 is 0 Å². The summed E-state index contributed by atoms with van der Waals surface area (Å²) >= 11 is 0. The molecule has 6 nitrogen and oxygen atoms in total. The van der Waals surface area contributed by atoms with Crippen molar-refractivity contribution in [2.24, 2.45) is 0 Å². The number of aliphatic hydroxyl groups excluding tert-OH is 1. The van der Waals surface area contributed by atoms with Crippen molar-refractivity contribution in [2.75, 3.05) is 25.7 Å². The Bertz CT molecular complexity index is 1080. The van der Waals surface area contributed by atoms with E-state index in [1.807, 2.05) is 36.4 Å². The summed E-state index contributed by atoms with van der Waals surface area (Å²) < 4.78 is 5.37. The van der Waals surface area contributed by atoms with Crippen LogP contribution in [0.3, 0.4) is 0 Å². The molecule has 0 radical (unpaired) electrons. The van der Waals surface area contributed by atoms with Gasteiger partial charge in [-0.3, -0.25) is 0 Å². The number of benzene rings is 2. The topological polar surface area (TPSA) is 82.9 Å². The number of aliphatic hydroxyl groups is 1. The summed E-state index contributed by atoms with van der Waals surface area (Å²) in [5.74, 6) is -0.830. The molecular weight excluding hydrogens is 392 g/mol. The molecule has 0 aliphatic carbocycles. The third kappa shape index (κ3) is 4.92. The van der Waals surface area contributed by atoms with Gasteiger partial charge in [0.1, 0.15) is 5.69 Å². The van der Waals surface area contributed by atoms with Crippen molar-refractivity contribution >= 4 is 23.8 Å². The van der Waals surface area contributed by atoms with Crippen molar-refractivity contribution < 1.29 is 19.7 Å². The second-order valence-corrected chi connectivity index (χ2v) is 7.13. The highest BCUT2D eigenvalue weighted by atomic mass is 16.5. The number of ether oxygens (including phenoxy) is 1. The predicted octanol–water partition coefficient (Wildman–Crippen LogP) is 4.12. The molecule has 0 bridgehead atoms. The van der Waals surface area contributed by atoms with Gasteiger partial charge >= 0.3 is 5.97 Å². The highest BCUT2D eigenvalue weighted by molar-refractivity contribution is 5.80. The lowest BCUT2D eigenvalue weighted by atomic mass is 9.96. The maximum absolute atomic E-state index is 11.4. The Hall–Kier alpha value is -3.64. The summed E-state index contributed by atoms with van der Waals surface area (Å²) in [5.41, 5.74) is 5.75. The maximum Gasteiger partial charge on any atom is 0.328 e. The molecule has 1 heterocycles. The molecule has 0 aliphatic heterocycles. The van der Waals surface area contributed by atoms with Crippen LogP contribution in [0.15, 0.2) is 60.7 Å². The van der Waals surface area contributed by atoms with Crippen LogP contribution in [-0.2, 0) is 4.79 Å². The van der Waals surface area contributed by atoms with Gasteiger partial charge in [0.2, 0.25) is 5.88 Å². The smallest absolute Gasteiger partial charge is 0.328 e. The molecule has 0 fully saturated rings. The van der Waals surface area contributed by atoms with Crippen LogP contribution in [0.25, 0.3) is 23.3 Å². The van der Waals surface area contributed by atoms with Crippen LogP contribution in [0.4, 0.5) is 5.69 Å². The van der Waals surface area contributed by atoms with Gasteiger partial charge in [-0.25, -0.2) is 9.78 Å². The zero-order chi connectivity index (χ0) is 22.4. The largest absolute Gasteiger partial charge is 0.480 e. The number of anilines is 1. The normalized spacial score (nSPS) is 12.0. The van der Waals surface area contributed by atoms with Crippen LogP contribution in [0.5, 0.6) is 5.88 Å². The van der Waals surface area contributed by atoms with Crippen LogP contribution in [0.1, 0.15) is 16.8 Å². The molecular formula is C25H26N2O4. The quantitative estimate of drug-likeness (QED) is 0.573. The molecule has 1 aromatic heterocycles. The number of methoxy groups -OCH3 is 1. The number of hydrogen-bond acceptors (Lipinski definition) is 5. The second-order valence-electron chi connectivity index (χ2n) is 7.13. The van der Waals surface area contributed by atoms with E-state index in [4.69, 9.17) is 4.74 Å². The van der Waals surface area contributed by atoms with Crippen LogP contribution in [0.2, 0.25) is 0 Å². The molecule has 0 saturated carbocycles. The van der Waals surface area contributed by atoms with Gasteiger partial charge in [0, 0.05) is 7.05 Å². The van der Waals surface area contributed by atoms with Crippen LogP contribution in [-0.4, -0.2) is 48.0 Å². The maximum atomic E-state index is 11.4. The minimum absolute atomic E-state index is 0.291. The highest BCUT2D eigenvalue weighted by Crippen LogP contribution is 2.29. The first-order chi connectivity index (χ1) is 15.0. The number of rotatable bonds is 8. The van der Waals surface area contributed by atoms with Gasteiger partial charge in [-0.15, -0.1) is 0 Å². The average molecular weight is 418 g/mol. The predicted molar refractivity (Wildman–Crippen MR) is 123 cm³/mol. The first-order valence-corrected chi connectivity index (χ1v) is 9.91. The minimum Gasteiger partial charge on any atom is -0.480 e. The summed E-state index contributed by atoms with van der Waals surface area (Å²) in [6.45, 7) is 1.57. The Morgan fingerprint density at radius 1 is 1.10 bits per heavy atom. The monoisotopic (exact) mass is 418 g/mol. The van der Waals surface area contributed by atoms with E-state index in [1.165, 1.54) is 28.7 Å². The Balaban J connectivity index is 1.89. The number of aliphatic carboxylic acids is 1. The molecule has 1 unspecified atom stereocenters. The molecule has 6 heteroatoms. The fourth-order valence-electron chi connectivity index (χ4n) is 3.43. The molecule has 0 amide bonds. The van der Waals surface area contributed by atoms with Crippen molar-refractivity contribution in [3.8, 4) is 17.0 Å². The van der Waals surface area contributed by atoms with Gasteiger partial charge in [0.15, 0.2) is 6.04 Å². The second kappa shape index (κ2) is 9.91. The number of carboxylic acids is 1. The van der Waals surface area contributed by atoms with Crippen molar-refractivity contribution in [3.05, 3.63) is 77.5 Å². The van der Waals surface area contributed by atoms with Gasteiger partial charge in [-0.05, 0) is 47.4 Å². The lowest BCUT2D eigenvalue weighted by molar-refractivity contribution is -0.139. The zero-order valence-corrected chi connectivity index (χ0v) is 17.8. The molecule has 2 N–H and O–H groups in total. The van der Waals surface area contributed by atoms with E-state index < -0.39 is 18.6 Å². The molecule has 0 aliphatic rings. The number of hydrogen-bond donors (Lipinski definition) is 2. The molecule has 0 spiro atoms. The Kier molecular flexibility index (Phi) is 7.05. The number of carboxylic acid groups (broad SMARTS) is 1. The molecule has 160 valence electrons. The van der Waals surface area contributed by atoms with Gasteiger partial charge in [-0.2, -0.15) is 0 Å². The van der Waals surface area contributed by atoms with E-state index in [9.17, 15) is 15.0 Å². The van der Waals surface area contributed by atoms with Crippen LogP contribution < -0.4 is 9.64 Å². The van der Waals surface area contributed by atoms with Gasteiger partial charge in [0.25, 0.3) is 0 Å². The van der Waals surface area contributed by atoms with Crippen molar-refractivity contribution in [2.45, 2.75) is 13.0 Å². The van der Waals surface area contributed by atoms with Gasteiger partial charge in [-0.1, -0.05) is 54.6 Å². The molecule has 31 heavy (non-hydrogen) atoms. The fraction of sp³-hybridized carbons (Fsp3) is 0.200. The lowest BCUT2D eigenvalue weighted by Crippen LogP contribution is -2.41. The number of carbonyl (C=O) groups is 1. The summed E-state index contributed by atoms with van der Waals surface area (Å²) in [6.07, 6.45) is 3.89. The average Bonchev–Trinajstić information content (AvgIpc) is 2.79. The summed E-state index contributed by atoms with van der Waals surface area (Å²) in [6, 6.07) is 18.9. The minimum atomic E-state index is -1.12. The van der Waals surface area contributed by atoms with Crippen molar-refractivity contribution in [1.82, 2.24) is 4.98 Å². The highest BCUT2D eigenvalue weighted by Gasteiger charge is 2.24. The zero-order valence-electron chi connectivity index (χ0n) is 17.8. The number of aromatic nitrogens is 1. The first kappa shape index (κ1) is 22.1. The molecule has 2 aromatic carbocycles. The van der Waals surface area contributed by atoms with Gasteiger partial charge in [0.05, 0.1) is 19.4 Å². The summed E-state index contributed by atoms with van der Waals surface area (Å²) in [5, 5.41) is 18.7. The Morgan fingerprint density at radius 3 is 2.48 bits per heavy atom. The van der Waals surface area contributed by atoms with E-state index in [2.05, 4.69) is 36.2 Å². The summed E-state index contributed by atoms with van der Waals surface area (Å²) in [7, 11) is 3.07. The Morgan fingerprint density at radius 2 is 1.84 bits per heavy atom. The van der Waals surface area contributed by atoms with Gasteiger partial charge < -0.3 is 19.8 Å². The van der Waals surface area contributed by atoms with Crippen molar-refractivity contribution in [1.29, 1.82) is 0 Å². The van der Waals surface area contributed by atoms with Crippen molar-refractivity contribution in [3.63, 3.8) is 0 Å².